The first kappa shape index (κ1) is 52.6. The van der Waals surface area contributed by atoms with Crippen LogP contribution in [0.5, 0.6) is 0 Å². The first-order valence-electron chi connectivity index (χ1n) is 24.6. The molecule has 3 aliphatic heterocycles. The van der Waals surface area contributed by atoms with Crippen LogP contribution in [0.3, 0.4) is 0 Å². The summed E-state index contributed by atoms with van der Waals surface area (Å²) in [7, 11) is 0. The first-order chi connectivity index (χ1) is 35.6. The molecule has 5 heterocycles. The number of rotatable bonds is 23. The number of hydrogen-bond acceptors (Lipinski definition) is 14. The number of cyclic esters (lactones) is 1. The van der Waals surface area contributed by atoms with E-state index in [9.17, 15) is 48.3 Å². The number of aliphatic hydroxyl groups is 1. The number of esters is 1. The second-order valence-electron chi connectivity index (χ2n) is 18.6. The molecule has 7 amide bonds. The van der Waals surface area contributed by atoms with E-state index in [4.69, 9.17) is 14.5 Å². The fraction of sp³-hybridized carbons (Fsp3) is 0.423. The van der Waals surface area contributed by atoms with Crippen LogP contribution in [0.1, 0.15) is 96.4 Å². The fourth-order valence-electron chi connectivity index (χ4n) is 9.89. The maximum atomic E-state index is 15.3. The summed E-state index contributed by atoms with van der Waals surface area (Å²) < 4.78 is 27.8. The molecule has 8 rings (SSSR count). The van der Waals surface area contributed by atoms with E-state index in [0.717, 1.165) is 21.6 Å². The number of pyridine rings is 2. The van der Waals surface area contributed by atoms with Crippen molar-refractivity contribution in [3.8, 4) is 11.4 Å². The highest BCUT2D eigenvalue weighted by Gasteiger charge is 2.38. The Morgan fingerprint density at radius 2 is 1.61 bits per heavy atom. The van der Waals surface area contributed by atoms with E-state index < -0.39 is 79.3 Å². The number of benzene rings is 2. The number of nitrogens with one attached hydrogen (secondary N) is 6. The minimum atomic E-state index is -1.44. The topological polar surface area (TPSA) is 286 Å². The SMILES string of the molecule is CC[C@H]1C(=O)OCc2c1cc1n(c2=O)Cc2c-1nc1cc(F)c(C)c3c1c2[C@@H](NC(=O)COCNC(=O)CNC(O)[C@H](Cc1ccccc1)NC(=O)CNC(=O)CNC(=O)CCCCCN1C(=O)C=CC1=O)CC3. The molecule has 4 aliphatic rings. The standard InChI is InChI=1S/C52H58FN9O12/c1-3-30-32-19-39-49-33(24-62(39)51(71)34(32)25-74-52(30)72)48-36(14-13-31-28(2)35(53)20-37(60-49)47(31)48)58-44(67)26-73-27-57-42(65)22-56-50(70)38(18-29-10-6-4-7-11-29)59-43(66)23-55-41(64)21-54-40(63)12-8-5-9-17-61-45(68)15-16-46(61)69/h4,6-7,10-11,15-16,19-20,30,36,38,50,56,70H,3,5,8-9,12-14,17-18,21-27H2,1-2H3,(H,54,63)(H,55,64)(H,57,65)(H,58,67)(H,59,66)/t30-,36+,38+,50?/m1/s1. The highest BCUT2D eigenvalue weighted by atomic mass is 19.1. The molecule has 0 saturated carbocycles. The van der Waals surface area contributed by atoms with E-state index in [1.165, 1.54) is 18.2 Å². The summed E-state index contributed by atoms with van der Waals surface area (Å²) in [6, 6.07) is 10.6. The van der Waals surface area contributed by atoms with Gasteiger partial charge in [0.15, 0.2) is 0 Å². The van der Waals surface area contributed by atoms with Crippen molar-refractivity contribution in [1.29, 1.82) is 0 Å². The second-order valence-corrected chi connectivity index (χ2v) is 18.6. The number of unbranched alkanes of at least 4 members (excludes halogenated alkanes) is 2. The Bertz CT molecular complexity index is 2980. The van der Waals surface area contributed by atoms with E-state index in [0.29, 0.717) is 83.1 Å². The predicted molar refractivity (Wildman–Crippen MR) is 263 cm³/mol. The van der Waals surface area contributed by atoms with Crippen LogP contribution in [0.4, 0.5) is 4.39 Å². The average molecular weight is 1020 g/mol. The molecule has 0 fully saturated rings. The van der Waals surface area contributed by atoms with Gasteiger partial charge in [-0.2, -0.15) is 0 Å². The van der Waals surface area contributed by atoms with Gasteiger partial charge in [0.1, 0.15) is 32.0 Å². The van der Waals surface area contributed by atoms with Crippen molar-refractivity contribution in [1.82, 2.24) is 46.4 Å². The summed E-state index contributed by atoms with van der Waals surface area (Å²) in [6.07, 6.45) is 4.13. The second kappa shape index (κ2) is 23.5. The van der Waals surface area contributed by atoms with E-state index in [-0.39, 0.29) is 69.1 Å². The van der Waals surface area contributed by atoms with Gasteiger partial charge >= 0.3 is 5.97 Å². The highest BCUT2D eigenvalue weighted by Crippen LogP contribution is 2.45. The Kier molecular flexibility index (Phi) is 16.7. The number of aliphatic hydroxyl groups excluding tert-OH is 1. The molecule has 0 radical (unpaired) electrons. The van der Waals surface area contributed by atoms with Crippen molar-refractivity contribution in [3.05, 3.63) is 110 Å². The predicted octanol–water partition coefficient (Wildman–Crippen LogP) is 0.970. The van der Waals surface area contributed by atoms with Gasteiger partial charge < -0.3 is 45.7 Å². The van der Waals surface area contributed by atoms with E-state index >= 15 is 4.39 Å². The smallest absolute Gasteiger partial charge is 0.313 e. The van der Waals surface area contributed by atoms with Crippen LogP contribution in [0.15, 0.2) is 59.4 Å². The van der Waals surface area contributed by atoms with Crippen molar-refractivity contribution in [2.45, 2.75) is 103 Å². The summed E-state index contributed by atoms with van der Waals surface area (Å²) in [5.41, 5.74) is 5.49. The van der Waals surface area contributed by atoms with Crippen LogP contribution in [-0.2, 0) is 73.8 Å². The molecule has 0 spiro atoms. The molecule has 22 heteroatoms. The number of carbonyl (C=O) groups excluding carboxylic acids is 8. The number of nitrogens with zero attached hydrogens (tertiary/aromatic N) is 3. The number of imide groups is 1. The molecule has 74 heavy (non-hydrogen) atoms. The normalized spacial score (nSPS) is 17.0. The minimum Gasteiger partial charge on any atom is -0.460 e. The van der Waals surface area contributed by atoms with Crippen molar-refractivity contribution >= 4 is 58.2 Å². The number of amides is 7. The van der Waals surface area contributed by atoms with Crippen molar-refractivity contribution in [2.24, 2.45) is 0 Å². The van der Waals surface area contributed by atoms with Gasteiger partial charge in [-0.25, -0.2) is 9.37 Å². The Hall–Kier alpha value is -7.69. The molecule has 21 nitrogen and oxygen atoms in total. The fourth-order valence-corrected chi connectivity index (χ4v) is 9.89. The number of fused-ring (bicyclic) bond motifs is 5. The van der Waals surface area contributed by atoms with Crippen molar-refractivity contribution in [3.63, 3.8) is 0 Å². The zero-order valence-electron chi connectivity index (χ0n) is 41.0. The van der Waals surface area contributed by atoms with Gasteiger partial charge in [0, 0.05) is 42.1 Å². The van der Waals surface area contributed by atoms with Crippen LogP contribution in [0, 0.1) is 12.7 Å². The third kappa shape index (κ3) is 11.9. The molecule has 390 valence electrons. The zero-order chi connectivity index (χ0) is 52.6. The van der Waals surface area contributed by atoms with Gasteiger partial charge in [-0.3, -0.25) is 53.4 Å². The van der Waals surface area contributed by atoms with Gasteiger partial charge in [0.2, 0.25) is 29.5 Å². The molecule has 2 aromatic carbocycles. The molecule has 0 bridgehead atoms. The number of aryl methyl sites for hydroxylation is 1. The summed E-state index contributed by atoms with van der Waals surface area (Å²) >= 11 is 0. The summed E-state index contributed by atoms with van der Waals surface area (Å²) in [5, 5.41) is 27.6. The van der Waals surface area contributed by atoms with E-state index in [1.807, 2.05) is 13.0 Å². The van der Waals surface area contributed by atoms with Gasteiger partial charge in [0.05, 0.1) is 66.6 Å². The van der Waals surface area contributed by atoms with Crippen molar-refractivity contribution in [2.75, 3.05) is 39.5 Å². The van der Waals surface area contributed by atoms with Crippen LogP contribution >= 0.6 is 0 Å². The van der Waals surface area contributed by atoms with Crippen LogP contribution in [-0.4, -0.2) is 119 Å². The average Bonchev–Trinajstić information content (AvgIpc) is 3.94. The number of carbonyl (C=O) groups is 8. The highest BCUT2D eigenvalue weighted by molar-refractivity contribution is 6.12. The quantitative estimate of drug-likeness (QED) is 0.0208. The Labute approximate surface area is 424 Å². The molecular formula is C52H58FN9O12. The Morgan fingerprint density at radius 1 is 0.878 bits per heavy atom. The van der Waals surface area contributed by atoms with E-state index in [1.54, 1.807) is 41.8 Å². The molecule has 4 aromatic rings. The van der Waals surface area contributed by atoms with Crippen LogP contribution < -0.4 is 37.5 Å². The zero-order valence-corrected chi connectivity index (χ0v) is 41.0. The lowest BCUT2D eigenvalue weighted by Crippen LogP contribution is -2.54. The molecule has 4 atom stereocenters. The maximum absolute atomic E-state index is 15.3. The molecular weight excluding hydrogens is 962 g/mol. The van der Waals surface area contributed by atoms with Crippen LogP contribution in [0.2, 0.25) is 0 Å². The summed E-state index contributed by atoms with van der Waals surface area (Å²) in [6.45, 7) is 1.73. The van der Waals surface area contributed by atoms with Gasteiger partial charge in [-0.15, -0.1) is 0 Å². The van der Waals surface area contributed by atoms with Gasteiger partial charge in [-0.05, 0) is 79.3 Å². The van der Waals surface area contributed by atoms with Crippen molar-refractivity contribution < 1.29 is 57.3 Å². The molecule has 1 aliphatic carbocycles. The Balaban J connectivity index is 0.797. The van der Waals surface area contributed by atoms with Crippen LogP contribution in [0.25, 0.3) is 22.3 Å². The number of aromatic nitrogens is 2. The van der Waals surface area contributed by atoms with Gasteiger partial charge in [0.25, 0.3) is 17.4 Å². The summed E-state index contributed by atoms with van der Waals surface area (Å²) in [5.74, 6) is -4.93. The number of hydrogen-bond donors (Lipinski definition) is 7. The first-order valence-corrected chi connectivity index (χ1v) is 24.6. The molecule has 1 unspecified atom stereocenters. The third-order valence-electron chi connectivity index (χ3n) is 13.7. The molecule has 0 saturated heterocycles. The molecule has 2 aromatic heterocycles. The Morgan fingerprint density at radius 3 is 2.36 bits per heavy atom. The lowest BCUT2D eigenvalue weighted by atomic mass is 9.81. The number of ether oxygens (including phenoxy) is 2. The third-order valence-corrected chi connectivity index (χ3v) is 13.7. The van der Waals surface area contributed by atoms with E-state index in [2.05, 4.69) is 31.9 Å². The number of halogens is 1. The summed E-state index contributed by atoms with van der Waals surface area (Å²) in [4.78, 5) is 120. The molecule has 7 N–H and O–H groups in total. The largest absolute Gasteiger partial charge is 0.460 e. The monoisotopic (exact) mass is 1020 g/mol. The lowest BCUT2D eigenvalue weighted by Gasteiger charge is -2.29. The van der Waals surface area contributed by atoms with Gasteiger partial charge in [-0.1, -0.05) is 43.7 Å². The minimum absolute atomic E-state index is 0.121. The lowest BCUT2D eigenvalue weighted by molar-refractivity contribution is -0.148. The maximum Gasteiger partial charge on any atom is 0.313 e.